The number of carbonyl (C=O) groups is 1. The van der Waals surface area contributed by atoms with E-state index in [0.29, 0.717) is 13.0 Å². The topological polar surface area (TPSA) is 26.8 Å². The van der Waals surface area contributed by atoms with Crippen LogP contribution < -0.4 is 0 Å². The van der Waals surface area contributed by atoms with Crippen LogP contribution in [0.3, 0.4) is 0 Å². The van der Waals surface area contributed by atoms with Gasteiger partial charge >= 0.3 is 0 Å². The van der Waals surface area contributed by atoms with Crippen LogP contribution in [-0.4, -0.2) is 67.9 Å². The number of carbonyl (C=O) groups excluding carboxylic acids is 1. The highest BCUT2D eigenvalue weighted by molar-refractivity contribution is 6.00. The van der Waals surface area contributed by atoms with Gasteiger partial charge < -0.3 is 9.80 Å². The third-order valence-electron chi connectivity index (χ3n) is 7.04. The van der Waals surface area contributed by atoms with Gasteiger partial charge in [-0.1, -0.05) is 36.4 Å². The zero-order chi connectivity index (χ0) is 22.0. The molecule has 0 atom stereocenters. The molecule has 1 aliphatic carbocycles. The number of fused-ring (bicyclic) bond motifs is 1. The minimum Gasteiger partial charge on any atom is -0.341 e. The highest BCUT2D eigenvalue weighted by Crippen LogP contribution is 2.37. The molecule has 5 heteroatoms. The molecule has 31 heavy (non-hydrogen) atoms. The molecule has 1 saturated heterocycles. The first-order valence-corrected chi connectivity index (χ1v) is 11.1. The maximum Gasteiger partial charge on any atom is 0.249 e. The van der Waals surface area contributed by atoms with E-state index in [0.717, 1.165) is 49.2 Å². The van der Waals surface area contributed by atoms with Crippen LogP contribution in [0.15, 0.2) is 54.1 Å². The van der Waals surface area contributed by atoms with Gasteiger partial charge in [0.05, 0.1) is 0 Å². The summed E-state index contributed by atoms with van der Waals surface area (Å²) in [5.74, 6) is -0.216. The lowest BCUT2D eigenvalue weighted by molar-refractivity contribution is -0.126. The van der Waals surface area contributed by atoms with Crippen molar-refractivity contribution < 1.29 is 9.18 Å². The van der Waals surface area contributed by atoms with Gasteiger partial charge in [-0.2, -0.15) is 0 Å². The smallest absolute Gasteiger partial charge is 0.249 e. The number of nitrogens with zero attached hydrogens (tertiary/aromatic N) is 3. The zero-order valence-electron chi connectivity index (χ0n) is 18.8. The summed E-state index contributed by atoms with van der Waals surface area (Å²) >= 11 is 0. The lowest BCUT2D eigenvalue weighted by Crippen LogP contribution is -2.51. The predicted molar refractivity (Wildman–Crippen MR) is 123 cm³/mol. The SMILES string of the molecule is CN(CCN1CCC(c2ccccc2)(N(C)C)CC1)C(=O)C1=Cc2cc(F)ccc2C1. The third-order valence-corrected chi connectivity index (χ3v) is 7.04. The molecule has 0 aromatic heterocycles. The summed E-state index contributed by atoms with van der Waals surface area (Å²) in [6.07, 6.45) is 4.58. The Morgan fingerprint density at radius 1 is 1.06 bits per heavy atom. The lowest BCUT2D eigenvalue weighted by atomic mass is 9.80. The Hall–Kier alpha value is -2.50. The molecule has 2 aliphatic rings. The molecule has 2 aromatic rings. The van der Waals surface area contributed by atoms with E-state index in [2.05, 4.69) is 54.2 Å². The van der Waals surface area contributed by atoms with Crippen LogP contribution >= 0.6 is 0 Å². The van der Waals surface area contributed by atoms with Crippen molar-refractivity contribution in [1.82, 2.24) is 14.7 Å². The molecule has 4 rings (SSSR count). The summed E-state index contributed by atoms with van der Waals surface area (Å²) in [6, 6.07) is 15.5. The summed E-state index contributed by atoms with van der Waals surface area (Å²) in [7, 11) is 6.22. The minimum atomic E-state index is -0.258. The molecule has 0 bridgehead atoms. The van der Waals surface area contributed by atoms with Crippen molar-refractivity contribution in [2.45, 2.75) is 24.8 Å². The second-order valence-corrected chi connectivity index (χ2v) is 9.05. The molecule has 164 valence electrons. The molecule has 1 amide bonds. The van der Waals surface area contributed by atoms with Gasteiger partial charge in [0.25, 0.3) is 0 Å². The van der Waals surface area contributed by atoms with Crippen LogP contribution in [0.5, 0.6) is 0 Å². The second-order valence-electron chi connectivity index (χ2n) is 9.05. The number of hydrogen-bond acceptors (Lipinski definition) is 3. The maximum absolute atomic E-state index is 13.5. The highest BCUT2D eigenvalue weighted by Gasteiger charge is 2.38. The normalized spacial score (nSPS) is 18.0. The summed E-state index contributed by atoms with van der Waals surface area (Å²) in [5.41, 5.74) is 4.06. The van der Waals surface area contributed by atoms with Crippen LogP contribution in [0.25, 0.3) is 6.08 Å². The fourth-order valence-electron chi connectivity index (χ4n) is 4.97. The van der Waals surface area contributed by atoms with E-state index >= 15 is 0 Å². The van der Waals surface area contributed by atoms with E-state index < -0.39 is 0 Å². The molecule has 0 saturated carbocycles. The van der Waals surface area contributed by atoms with Crippen LogP contribution in [0, 0.1) is 5.82 Å². The van der Waals surface area contributed by atoms with Crippen LogP contribution in [-0.2, 0) is 16.8 Å². The van der Waals surface area contributed by atoms with Crippen molar-refractivity contribution in [1.29, 1.82) is 0 Å². The van der Waals surface area contributed by atoms with Crippen LogP contribution in [0.4, 0.5) is 4.39 Å². The number of likely N-dealkylation sites (tertiary alicyclic amines) is 1. The number of halogens is 1. The highest BCUT2D eigenvalue weighted by atomic mass is 19.1. The van der Waals surface area contributed by atoms with Gasteiger partial charge in [0.15, 0.2) is 0 Å². The Kier molecular flexibility index (Phi) is 6.26. The molecule has 1 fully saturated rings. The van der Waals surface area contributed by atoms with Crippen LogP contribution in [0.2, 0.25) is 0 Å². The number of piperidine rings is 1. The Bertz CT molecular complexity index is 962. The number of rotatable bonds is 6. The average Bonchev–Trinajstić information content (AvgIpc) is 3.21. The minimum absolute atomic E-state index is 0.0422. The molecular formula is C26H32FN3O. The molecule has 4 nitrogen and oxygen atoms in total. The summed E-state index contributed by atoms with van der Waals surface area (Å²) in [4.78, 5) is 19.5. The van der Waals surface area contributed by atoms with Gasteiger partial charge in [-0.3, -0.25) is 9.69 Å². The van der Waals surface area contributed by atoms with Crippen molar-refractivity contribution in [2.75, 3.05) is 47.3 Å². The first-order valence-electron chi connectivity index (χ1n) is 11.1. The molecule has 0 radical (unpaired) electrons. The molecule has 0 unspecified atom stereocenters. The number of likely N-dealkylation sites (N-methyl/N-ethyl adjacent to an activating group) is 1. The zero-order valence-corrected chi connectivity index (χ0v) is 18.8. The Labute approximate surface area is 185 Å². The first kappa shape index (κ1) is 21.7. The van der Waals surface area contributed by atoms with Gasteiger partial charge in [-0.15, -0.1) is 0 Å². The number of hydrogen-bond donors (Lipinski definition) is 0. The quantitative estimate of drug-likeness (QED) is 0.710. The van der Waals surface area contributed by atoms with Gasteiger partial charge in [0.1, 0.15) is 5.82 Å². The summed E-state index contributed by atoms with van der Waals surface area (Å²) in [6.45, 7) is 3.60. The van der Waals surface area contributed by atoms with Crippen molar-refractivity contribution in [3.05, 3.63) is 76.6 Å². The molecule has 2 aromatic carbocycles. The number of amides is 1. The van der Waals surface area contributed by atoms with E-state index in [9.17, 15) is 9.18 Å². The fraction of sp³-hybridized carbons (Fsp3) is 0.423. The largest absolute Gasteiger partial charge is 0.341 e. The molecule has 0 N–H and O–H groups in total. The molecule has 1 aliphatic heterocycles. The number of benzene rings is 2. The Morgan fingerprint density at radius 2 is 1.77 bits per heavy atom. The van der Waals surface area contributed by atoms with E-state index in [1.807, 2.05) is 13.1 Å². The standard InChI is InChI=1S/C26H32FN3O/c1-28(2)26(23-7-5-4-6-8-23)11-13-30(14-12-26)16-15-29(3)25(31)22-17-20-9-10-24(27)19-21(20)18-22/h4-10,18-19H,11-17H2,1-3H3. The van der Waals surface area contributed by atoms with Gasteiger partial charge in [0, 0.05) is 50.8 Å². The maximum atomic E-state index is 13.5. The van der Waals surface area contributed by atoms with Crippen molar-refractivity contribution in [2.24, 2.45) is 0 Å². The van der Waals surface area contributed by atoms with Crippen molar-refractivity contribution >= 4 is 12.0 Å². The summed E-state index contributed by atoms with van der Waals surface area (Å²) < 4.78 is 13.5. The van der Waals surface area contributed by atoms with E-state index in [4.69, 9.17) is 0 Å². The summed E-state index contributed by atoms with van der Waals surface area (Å²) in [5, 5.41) is 0. The Morgan fingerprint density at radius 3 is 2.45 bits per heavy atom. The fourth-order valence-corrected chi connectivity index (χ4v) is 4.97. The monoisotopic (exact) mass is 421 g/mol. The average molecular weight is 422 g/mol. The molecule has 1 heterocycles. The Balaban J connectivity index is 1.31. The third kappa shape index (κ3) is 4.43. The lowest BCUT2D eigenvalue weighted by Gasteiger charge is -2.47. The van der Waals surface area contributed by atoms with E-state index in [1.165, 1.54) is 17.7 Å². The van der Waals surface area contributed by atoms with E-state index in [1.54, 1.807) is 11.0 Å². The van der Waals surface area contributed by atoms with Crippen molar-refractivity contribution in [3.8, 4) is 0 Å². The van der Waals surface area contributed by atoms with Crippen molar-refractivity contribution in [3.63, 3.8) is 0 Å². The molecular weight excluding hydrogens is 389 g/mol. The van der Waals surface area contributed by atoms with E-state index in [-0.39, 0.29) is 17.3 Å². The first-order chi connectivity index (χ1) is 14.9. The predicted octanol–water partition coefficient (Wildman–Crippen LogP) is 3.78. The van der Waals surface area contributed by atoms with Gasteiger partial charge in [-0.05, 0) is 61.8 Å². The van der Waals surface area contributed by atoms with Gasteiger partial charge in [0.2, 0.25) is 5.91 Å². The second kappa shape index (κ2) is 8.93. The van der Waals surface area contributed by atoms with Gasteiger partial charge in [-0.25, -0.2) is 4.39 Å². The van der Waals surface area contributed by atoms with Crippen LogP contribution in [0.1, 0.15) is 29.5 Å². The molecule has 0 spiro atoms.